The molecule has 22 heteroatoms. The van der Waals surface area contributed by atoms with Crippen molar-refractivity contribution in [2.75, 3.05) is 20.2 Å². The number of aromatic nitrogens is 3. The van der Waals surface area contributed by atoms with Gasteiger partial charge in [0.15, 0.2) is 11.8 Å². The van der Waals surface area contributed by atoms with E-state index in [2.05, 4.69) is 9.47 Å². The number of carbonyl (C=O) groups is 2. The number of ether oxygens (including phenoxy) is 3. The van der Waals surface area contributed by atoms with Crippen LogP contribution in [0.2, 0.25) is 0 Å². The molecule has 282 valence electrons. The summed E-state index contributed by atoms with van der Waals surface area (Å²) < 4.78 is 67.4. The van der Waals surface area contributed by atoms with Crippen LogP contribution in [0.25, 0.3) is 11.0 Å². The maximum absolute atomic E-state index is 13.4. The number of aliphatic hydroxyl groups excluding tert-OH is 2. The van der Waals surface area contributed by atoms with Crippen LogP contribution in [-0.4, -0.2) is 79.8 Å². The first-order valence-corrected chi connectivity index (χ1v) is 18.2. The van der Waals surface area contributed by atoms with Crippen LogP contribution < -0.4 is 11.2 Å². The van der Waals surface area contributed by atoms with Gasteiger partial charge >= 0.3 is 33.3 Å². The summed E-state index contributed by atoms with van der Waals surface area (Å²) in [7, 11) is -10.7. The molecule has 3 N–H and O–H groups in total. The minimum absolute atomic E-state index is 0.269. The zero-order valence-corrected chi connectivity index (χ0v) is 30.2. The van der Waals surface area contributed by atoms with E-state index >= 15 is 0 Å². The van der Waals surface area contributed by atoms with E-state index < -0.39 is 94.4 Å². The van der Waals surface area contributed by atoms with E-state index in [1.807, 2.05) is 0 Å². The van der Waals surface area contributed by atoms with Crippen LogP contribution in [0.1, 0.15) is 53.5 Å². The molecule has 1 fully saturated rings. The van der Waals surface area contributed by atoms with E-state index in [0.717, 1.165) is 21.4 Å². The Morgan fingerprint density at radius 2 is 1.49 bits per heavy atom. The number of rotatable bonds is 14. The fourth-order valence-electron chi connectivity index (χ4n) is 4.29. The van der Waals surface area contributed by atoms with Gasteiger partial charge in [-0.3, -0.25) is 28.0 Å². The first-order valence-electron chi connectivity index (χ1n) is 15.2. The molecule has 0 saturated carbocycles. The second-order valence-corrected chi connectivity index (χ2v) is 16.5. The summed E-state index contributed by atoms with van der Waals surface area (Å²) in [5.74, 6) is -1.61. The van der Waals surface area contributed by atoms with Crippen LogP contribution in [-0.2, 0) is 57.4 Å². The SMILES string of the molecule is CC(C)(C)C(=O)OCOP(=O)(OCOC(=O)C(C)(C)C)OP(=O)(O)OC[C@H]1O[C@@H](n2ccc(=O)n(Cc3noc4ccccc34)c2=O)[C@@H](O)C1O. The van der Waals surface area contributed by atoms with Crippen molar-refractivity contribution in [2.24, 2.45) is 10.8 Å². The number of hydrogen-bond donors (Lipinski definition) is 3. The van der Waals surface area contributed by atoms with Crippen molar-refractivity contribution < 1.29 is 70.4 Å². The Kier molecular flexibility index (Phi) is 12.3. The number of phosphoric acid groups is 2. The van der Waals surface area contributed by atoms with Gasteiger partial charge in [-0.25, -0.2) is 23.0 Å². The zero-order valence-electron chi connectivity index (χ0n) is 28.4. The summed E-state index contributed by atoms with van der Waals surface area (Å²) in [5.41, 5.74) is -3.00. The summed E-state index contributed by atoms with van der Waals surface area (Å²) in [6, 6.07) is 7.77. The number of carbonyl (C=O) groups excluding carboxylic acids is 2. The van der Waals surface area contributed by atoms with Gasteiger partial charge in [0.25, 0.3) is 5.56 Å². The summed E-state index contributed by atoms with van der Waals surface area (Å²) in [6.45, 7) is 5.60. The van der Waals surface area contributed by atoms with Gasteiger partial charge in [-0.15, -0.1) is 0 Å². The maximum atomic E-state index is 13.4. The molecule has 1 aliphatic heterocycles. The molecule has 0 bridgehead atoms. The number of aliphatic hydroxyl groups is 2. The van der Waals surface area contributed by atoms with E-state index in [0.29, 0.717) is 11.0 Å². The lowest BCUT2D eigenvalue weighted by Crippen LogP contribution is -2.43. The Morgan fingerprint density at radius 1 is 0.902 bits per heavy atom. The third-order valence-electron chi connectivity index (χ3n) is 7.10. The van der Waals surface area contributed by atoms with Crippen LogP contribution in [0.15, 0.2) is 50.6 Å². The Hall–Kier alpha value is -3.55. The smallest absolute Gasteiger partial charge is 0.437 e. The van der Waals surface area contributed by atoms with Gasteiger partial charge in [0.2, 0.25) is 13.6 Å². The highest BCUT2D eigenvalue weighted by atomic mass is 31.3. The minimum Gasteiger partial charge on any atom is -0.437 e. The Bertz CT molecular complexity index is 1910. The number of para-hydroxylation sites is 1. The number of phosphoric ester groups is 2. The molecule has 2 aromatic heterocycles. The molecule has 5 atom stereocenters. The fourth-order valence-corrected chi connectivity index (χ4v) is 6.64. The van der Waals surface area contributed by atoms with Gasteiger partial charge < -0.3 is 33.8 Å². The normalized spacial score (nSPS) is 21.0. The summed E-state index contributed by atoms with van der Waals surface area (Å²) in [4.78, 5) is 60.6. The van der Waals surface area contributed by atoms with E-state index in [1.165, 1.54) is 41.5 Å². The lowest BCUT2D eigenvalue weighted by Gasteiger charge is -2.23. The molecule has 1 aliphatic rings. The number of nitrogens with zero attached hydrogens (tertiary/aromatic N) is 3. The van der Waals surface area contributed by atoms with Crippen molar-refractivity contribution in [3.05, 3.63) is 63.1 Å². The van der Waals surface area contributed by atoms with Crippen molar-refractivity contribution in [3.63, 3.8) is 0 Å². The lowest BCUT2D eigenvalue weighted by atomic mass is 9.98. The summed E-state index contributed by atoms with van der Waals surface area (Å²) >= 11 is 0. The molecule has 0 spiro atoms. The Balaban J connectivity index is 1.45. The number of fused-ring (bicyclic) bond motifs is 1. The van der Waals surface area contributed by atoms with Gasteiger partial charge in [0.05, 0.1) is 24.0 Å². The Morgan fingerprint density at radius 3 is 2.08 bits per heavy atom. The molecule has 4 rings (SSSR count). The van der Waals surface area contributed by atoms with Gasteiger partial charge in [0.1, 0.15) is 24.0 Å². The number of esters is 2. The highest BCUT2D eigenvalue weighted by Gasteiger charge is 2.47. The standard InChI is InChI=1S/C29H39N3O17P2/c1-28(2,3)25(36)42-15-45-51(41,46-16-43-26(37)29(4,5)6)49-50(39,40)44-14-20-22(34)23(35)24(47-20)31-12-11-21(33)32(27(31)38)13-18-17-9-7-8-10-19(17)48-30-18/h7-12,20,22-24,34-35H,13-16H2,1-6H3,(H,39,40)/t20-,22?,23+,24-/m1/s1. The quantitative estimate of drug-likeness (QED) is 0.121. The molecule has 1 saturated heterocycles. The molecule has 2 unspecified atom stereocenters. The largest absolute Gasteiger partial charge is 0.489 e. The molecule has 51 heavy (non-hydrogen) atoms. The highest BCUT2D eigenvalue weighted by molar-refractivity contribution is 7.61. The minimum atomic E-state index is -5.47. The van der Waals surface area contributed by atoms with Crippen LogP contribution in [0.3, 0.4) is 0 Å². The zero-order chi connectivity index (χ0) is 37.9. The van der Waals surface area contributed by atoms with Gasteiger partial charge in [-0.05, 0) is 53.7 Å². The first-order chi connectivity index (χ1) is 23.6. The molecular formula is C29H39N3O17P2. The van der Waals surface area contributed by atoms with Gasteiger partial charge in [0, 0.05) is 17.6 Å². The van der Waals surface area contributed by atoms with Crippen LogP contribution in [0.4, 0.5) is 0 Å². The van der Waals surface area contributed by atoms with Crippen LogP contribution >= 0.6 is 15.6 Å². The molecule has 3 aromatic rings. The van der Waals surface area contributed by atoms with Crippen molar-refractivity contribution in [2.45, 2.75) is 72.6 Å². The topological polar surface area (TPSA) is 264 Å². The van der Waals surface area contributed by atoms with E-state index in [-0.39, 0.29) is 12.2 Å². The van der Waals surface area contributed by atoms with E-state index in [9.17, 15) is 43.4 Å². The number of hydrogen-bond acceptors (Lipinski definition) is 17. The average Bonchev–Trinajstić information content (AvgIpc) is 3.56. The average molecular weight is 764 g/mol. The molecule has 0 amide bonds. The second-order valence-electron chi connectivity index (χ2n) is 13.3. The summed E-state index contributed by atoms with van der Waals surface area (Å²) in [5, 5.41) is 25.9. The maximum Gasteiger partial charge on any atom is 0.489 e. The van der Waals surface area contributed by atoms with Crippen molar-refractivity contribution >= 4 is 38.6 Å². The molecule has 0 aliphatic carbocycles. The third kappa shape index (κ3) is 10.1. The van der Waals surface area contributed by atoms with Crippen molar-refractivity contribution in [1.29, 1.82) is 0 Å². The highest BCUT2D eigenvalue weighted by Crippen LogP contribution is 2.63. The lowest BCUT2D eigenvalue weighted by molar-refractivity contribution is -0.162. The molecule has 20 nitrogen and oxygen atoms in total. The van der Waals surface area contributed by atoms with Crippen molar-refractivity contribution in [3.8, 4) is 0 Å². The fraction of sp³-hybridized carbons (Fsp3) is 0.552. The van der Waals surface area contributed by atoms with Gasteiger partial charge in [-0.1, -0.05) is 17.3 Å². The van der Waals surface area contributed by atoms with Crippen LogP contribution in [0.5, 0.6) is 0 Å². The third-order valence-corrected chi connectivity index (χ3v) is 10.0. The predicted octanol–water partition coefficient (Wildman–Crippen LogP) is 2.19. The molecule has 3 heterocycles. The van der Waals surface area contributed by atoms with Gasteiger partial charge in [-0.2, -0.15) is 4.31 Å². The molecule has 1 aromatic carbocycles. The first kappa shape index (κ1) is 40.2. The molecular weight excluding hydrogens is 724 g/mol. The van der Waals surface area contributed by atoms with E-state index in [1.54, 1.807) is 24.3 Å². The van der Waals surface area contributed by atoms with Crippen molar-refractivity contribution in [1.82, 2.24) is 14.3 Å². The molecule has 0 radical (unpaired) electrons. The van der Waals surface area contributed by atoms with Crippen LogP contribution in [0, 0.1) is 10.8 Å². The predicted molar refractivity (Wildman–Crippen MR) is 171 cm³/mol. The Labute approximate surface area is 289 Å². The number of benzene rings is 1. The summed E-state index contributed by atoms with van der Waals surface area (Å²) in [6.07, 6.45) is -5.83. The monoisotopic (exact) mass is 763 g/mol. The van der Waals surface area contributed by atoms with E-state index in [4.69, 9.17) is 32.3 Å². The second kappa shape index (κ2) is 15.6.